The maximum absolute atomic E-state index is 13.5. The van der Waals surface area contributed by atoms with Crippen molar-refractivity contribution in [2.75, 3.05) is 16.2 Å². The molecule has 2 aromatic rings. The quantitative estimate of drug-likeness (QED) is 0.699. The Labute approximate surface area is 174 Å². The van der Waals surface area contributed by atoms with Gasteiger partial charge in [0.25, 0.3) is 5.91 Å². The lowest BCUT2D eigenvalue weighted by Gasteiger charge is -2.22. The van der Waals surface area contributed by atoms with Gasteiger partial charge in [0.1, 0.15) is 17.6 Å². The summed E-state index contributed by atoms with van der Waals surface area (Å²) in [6.45, 7) is 3.50. The molecule has 1 aliphatic rings. The van der Waals surface area contributed by atoms with Crippen molar-refractivity contribution in [2.45, 2.75) is 26.3 Å². The highest BCUT2D eigenvalue weighted by atomic mass is 32.2. The standard InChI is InChI=1S/C19H21FN6O3S/c1-12(2)24-30(28,29)26-9-5-4-6-15-17(25(3)23-18(15)26)19(27)22-14-7-8-16(20)13(10-14)11-21/h4-5,7-8,10,12,24H,6,9H2,1-3H3,(H,22,27). The molecule has 3 rings (SSSR count). The summed E-state index contributed by atoms with van der Waals surface area (Å²) in [5.74, 6) is -1.07. The lowest BCUT2D eigenvalue weighted by atomic mass is 10.1. The van der Waals surface area contributed by atoms with Crippen LogP contribution in [0.15, 0.2) is 30.4 Å². The van der Waals surface area contributed by atoms with Crippen LogP contribution in [0.2, 0.25) is 0 Å². The Kier molecular flexibility index (Phi) is 5.91. The van der Waals surface area contributed by atoms with Gasteiger partial charge in [-0.1, -0.05) is 12.2 Å². The third-order valence-electron chi connectivity index (χ3n) is 4.35. The van der Waals surface area contributed by atoms with Gasteiger partial charge in [-0.15, -0.1) is 0 Å². The summed E-state index contributed by atoms with van der Waals surface area (Å²) in [6.07, 6.45) is 3.78. The van der Waals surface area contributed by atoms with Gasteiger partial charge in [-0.3, -0.25) is 9.48 Å². The van der Waals surface area contributed by atoms with Gasteiger partial charge in [-0.2, -0.15) is 23.5 Å². The average Bonchev–Trinajstić information content (AvgIpc) is 2.83. The number of aryl methyl sites for hydroxylation is 1. The summed E-state index contributed by atoms with van der Waals surface area (Å²) >= 11 is 0. The van der Waals surface area contributed by atoms with Crippen molar-refractivity contribution in [3.05, 3.63) is 53.0 Å². The predicted octanol–water partition coefficient (Wildman–Crippen LogP) is 1.84. The van der Waals surface area contributed by atoms with Crippen LogP contribution < -0.4 is 14.3 Å². The Balaban J connectivity index is 1.99. The van der Waals surface area contributed by atoms with E-state index in [9.17, 15) is 17.6 Å². The molecule has 0 atom stereocenters. The first-order valence-electron chi connectivity index (χ1n) is 9.16. The van der Waals surface area contributed by atoms with E-state index in [-0.39, 0.29) is 35.3 Å². The second-order valence-electron chi connectivity index (χ2n) is 7.02. The molecule has 0 aliphatic carbocycles. The van der Waals surface area contributed by atoms with E-state index in [1.165, 1.54) is 16.8 Å². The van der Waals surface area contributed by atoms with Crippen molar-refractivity contribution in [1.82, 2.24) is 14.5 Å². The molecule has 0 bridgehead atoms. The molecular formula is C19H21FN6O3S. The molecule has 1 aromatic heterocycles. The van der Waals surface area contributed by atoms with Crippen molar-refractivity contribution in [3.8, 4) is 6.07 Å². The predicted molar refractivity (Wildman–Crippen MR) is 110 cm³/mol. The number of nitriles is 1. The molecule has 0 radical (unpaired) electrons. The summed E-state index contributed by atoms with van der Waals surface area (Å²) in [5, 5.41) is 15.9. The number of aromatic nitrogens is 2. The number of rotatable bonds is 5. The van der Waals surface area contributed by atoms with Crippen molar-refractivity contribution in [1.29, 1.82) is 5.26 Å². The molecule has 0 spiro atoms. The zero-order chi connectivity index (χ0) is 22.1. The first kappa shape index (κ1) is 21.5. The Bertz CT molecular complexity index is 1160. The molecule has 2 heterocycles. The molecule has 0 unspecified atom stereocenters. The number of nitrogens with one attached hydrogen (secondary N) is 2. The van der Waals surface area contributed by atoms with Crippen LogP contribution in [-0.2, 0) is 23.7 Å². The fourth-order valence-electron chi connectivity index (χ4n) is 3.14. The van der Waals surface area contributed by atoms with Gasteiger partial charge in [0.2, 0.25) is 0 Å². The number of carbonyl (C=O) groups excluding carboxylic acids is 1. The molecule has 2 N–H and O–H groups in total. The van der Waals surface area contributed by atoms with Crippen LogP contribution in [0.5, 0.6) is 0 Å². The van der Waals surface area contributed by atoms with Crippen LogP contribution in [0, 0.1) is 17.1 Å². The van der Waals surface area contributed by atoms with Gasteiger partial charge < -0.3 is 5.32 Å². The second kappa shape index (κ2) is 8.25. The van der Waals surface area contributed by atoms with Crippen LogP contribution in [0.4, 0.5) is 15.9 Å². The lowest BCUT2D eigenvalue weighted by molar-refractivity contribution is 0.101. The number of allylic oxidation sites excluding steroid dienone is 1. The fourth-order valence-corrected chi connectivity index (χ4v) is 4.52. The zero-order valence-electron chi connectivity index (χ0n) is 16.7. The van der Waals surface area contributed by atoms with Crippen LogP contribution >= 0.6 is 0 Å². The number of benzene rings is 1. The normalized spacial score (nSPS) is 13.7. The second-order valence-corrected chi connectivity index (χ2v) is 8.65. The van der Waals surface area contributed by atoms with Crippen LogP contribution in [0.3, 0.4) is 0 Å². The number of anilines is 2. The number of fused-ring (bicyclic) bond motifs is 1. The first-order valence-corrected chi connectivity index (χ1v) is 10.6. The van der Waals surface area contributed by atoms with E-state index in [2.05, 4.69) is 15.1 Å². The SMILES string of the molecule is CC(C)NS(=O)(=O)N1CC=CCc2c1nn(C)c2C(=O)Nc1ccc(F)c(C#N)c1. The molecule has 158 valence electrons. The van der Waals surface area contributed by atoms with Crippen molar-refractivity contribution in [2.24, 2.45) is 7.05 Å². The summed E-state index contributed by atoms with van der Waals surface area (Å²) < 4.78 is 44.0. The topological polar surface area (TPSA) is 120 Å². The van der Waals surface area contributed by atoms with Gasteiger partial charge >= 0.3 is 10.2 Å². The van der Waals surface area contributed by atoms with Crippen LogP contribution in [0.25, 0.3) is 0 Å². The third kappa shape index (κ3) is 4.19. The molecule has 1 aromatic carbocycles. The molecule has 30 heavy (non-hydrogen) atoms. The average molecular weight is 432 g/mol. The molecule has 11 heteroatoms. The summed E-state index contributed by atoms with van der Waals surface area (Å²) in [5.41, 5.74) is 0.657. The minimum atomic E-state index is -3.87. The van der Waals surface area contributed by atoms with E-state index < -0.39 is 21.9 Å². The van der Waals surface area contributed by atoms with Gasteiger partial charge in [0.05, 0.1) is 12.1 Å². The van der Waals surface area contributed by atoms with Crippen molar-refractivity contribution in [3.63, 3.8) is 0 Å². The maximum atomic E-state index is 13.5. The summed E-state index contributed by atoms with van der Waals surface area (Å²) in [6, 6.07) is 5.06. The van der Waals surface area contributed by atoms with E-state index in [0.29, 0.717) is 12.0 Å². The summed E-state index contributed by atoms with van der Waals surface area (Å²) in [7, 11) is -2.33. The smallest absolute Gasteiger partial charge is 0.303 e. The fraction of sp³-hybridized carbons (Fsp3) is 0.316. The highest BCUT2D eigenvalue weighted by Gasteiger charge is 2.32. The molecule has 0 saturated carbocycles. The Morgan fingerprint density at radius 3 is 2.73 bits per heavy atom. The van der Waals surface area contributed by atoms with E-state index in [0.717, 1.165) is 10.4 Å². The Hall–Kier alpha value is -3.23. The minimum Gasteiger partial charge on any atom is -0.321 e. The highest BCUT2D eigenvalue weighted by molar-refractivity contribution is 7.90. The van der Waals surface area contributed by atoms with E-state index in [4.69, 9.17) is 5.26 Å². The number of hydrogen-bond acceptors (Lipinski definition) is 5. The largest absolute Gasteiger partial charge is 0.321 e. The number of nitrogens with zero attached hydrogens (tertiary/aromatic N) is 4. The zero-order valence-corrected chi connectivity index (χ0v) is 17.5. The maximum Gasteiger partial charge on any atom is 0.303 e. The number of halogens is 1. The monoisotopic (exact) mass is 432 g/mol. The molecule has 0 fully saturated rings. The van der Waals surface area contributed by atoms with E-state index in [1.807, 2.05) is 0 Å². The summed E-state index contributed by atoms with van der Waals surface area (Å²) in [4.78, 5) is 12.9. The first-order chi connectivity index (χ1) is 14.1. The van der Waals surface area contributed by atoms with Gasteiger partial charge in [-0.05, 0) is 38.5 Å². The number of amides is 1. The lowest BCUT2D eigenvalue weighted by Crippen LogP contribution is -2.44. The van der Waals surface area contributed by atoms with Crippen molar-refractivity contribution >= 4 is 27.6 Å². The van der Waals surface area contributed by atoms with Crippen molar-refractivity contribution < 1.29 is 17.6 Å². The highest BCUT2D eigenvalue weighted by Crippen LogP contribution is 2.28. The van der Waals surface area contributed by atoms with Gasteiger partial charge in [0.15, 0.2) is 5.82 Å². The van der Waals surface area contributed by atoms with E-state index in [1.54, 1.807) is 39.1 Å². The molecule has 1 amide bonds. The van der Waals surface area contributed by atoms with Crippen LogP contribution in [-0.4, -0.2) is 36.7 Å². The van der Waals surface area contributed by atoms with Gasteiger partial charge in [-0.25, -0.2) is 8.70 Å². The molecule has 1 aliphatic heterocycles. The third-order valence-corrected chi connectivity index (χ3v) is 6.03. The molecule has 0 saturated heterocycles. The van der Waals surface area contributed by atoms with Crippen LogP contribution in [0.1, 0.15) is 35.5 Å². The van der Waals surface area contributed by atoms with E-state index >= 15 is 0 Å². The number of hydrogen-bond donors (Lipinski definition) is 2. The Morgan fingerprint density at radius 1 is 1.33 bits per heavy atom. The number of carbonyl (C=O) groups is 1. The minimum absolute atomic E-state index is 0.0800. The molecule has 9 nitrogen and oxygen atoms in total. The van der Waals surface area contributed by atoms with Gasteiger partial charge in [0, 0.05) is 24.3 Å². The Morgan fingerprint density at radius 2 is 2.07 bits per heavy atom. The molecular weight excluding hydrogens is 411 g/mol.